The van der Waals surface area contributed by atoms with E-state index in [1.807, 2.05) is 62.4 Å². The van der Waals surface area contributed by atoms with Crippen molar-refractivity contribution in [2.45, 2.75) is 27.2 Å². The molecule has 2 rings (SSSR count). The number of rotatable bonds is 12. The van der Waals surface area contributed by atoms with Gasteiger partial charge in [0.15, 0.2) is 12.4 Å². The summed E-state index contributed by atoms with van der Waals surface area (Å²) < 4.78 is 15.7. The molecule has 0 saturated carbocycles. The molecule has 7 nitrogen and oxygen atoms in total. The lowest BCUT2D eigenvalue weighted by atomic mass is 10.0. The Bertz CT molecular complexity index is 792. The van der Waals surface area contributed by atoms with Gasteiger partial charge in [0, 0.05) is 11.1 Å². The Morgan fingerprint density at radius 3 is 1.70 bits per heavy atom. The standard InChI is InChI=1S/C23H27NO6/c1-4-27-20-11-7-17(8-12-20)23(18-9-13-21(14-10-18)28-5-2)24-30-16-19(25)15-22(26)29-6-3/h7-14H,4-6,15-16H2,1-3H3. The molecule has 30 heavy (non-hydrogen) atoms. The topological polar surface area (TPSA) is 83.4 Å². The third-order valence-corrected chi connectivity index (χ3v) is 3.91. The average Bonchev–Trinajstić information content (AvgIpc) is 2.73. The van der Waals surface area contributed by atoms with Gasteiger partial charge < -0.3 is 19.0 Å². The van der Waals surface area contributed by atoms with Crippen molar-refractivity contribution in [3.05, 3.63) is 59.7 Å². The van der Waals surface area contributed by atoms with Crippen LogP contribution in [0.2, 0.25) is 0 Å². The number of esters is 1. The van der Waals surface area contributed by atoms with E-state index in [9.17, 15) is 9.59 Å². The largest absolute Gasteiger partial charge is 0.494 e. The van der Waals surface area contributed by atoms with E-state index >= 15 is 0 Å². The summed E-state index contributed by atoms with van der Waals surface area (Å²) in [6, 6.07) is 14.8. The van der Waals surface area contributed by atoms with Crippen LogP contribution in [0.3, 0.4) is 0 Å². The van der Waals surface area contributed by atoms with E-state index in [2.05, 4.69) is 5.16 Å². The fourth-order valence-corrected chi connectivity index (χ4v) is 2.62. The molecule has 0 unspecified atom stereocenters. The van der Waals surface area contributed by atoms with Gasteiger partial charge in [-0.25, -0.2) is 0 Å². The molecule has 0 N–H and O–H groups in total. The summed E-state index contributed by atoms with van der Waals surface area (Å²) in [5, 5.41) is 4.17. The maximum Gasteiger partial charge on any atom is 0.313 e. The lowest BCUT2D eigenvalue weighted by Gasteiger charge is -2.10. The number of carbonyl (C=O) groups excluding carboxylic acids is 2. The highest BCUT2D eigenvalue weighted by Gasteiger charge is 2.13. The fourth-order valence-electron chi connectivity index (χ4n) is 2.62. The third-order valence-electron chi connectivity index (χ3n) is 3.91. The normalized spacial score (nSPS) is 10.1. The molecule has 0 aliphatic carbocycles. The van der Waals surface area contributed by atoms with Gasteiger partial charge in [0.1, 0.15) is 23.6 Å². The fraction of sp³-hybridized carbons (Fsp3) is 0.348. The summed E-state index contributed by atoms with van der Waals surface area (Å²) >= 11 is 0. The molecule has 160 valence electrons. The molecule has 0 bridgehead atoms. The number of ketones is 1. The minimum atomic E-state index is -0.576. The summed E-state index contributed by atoms with van der Waals surface area (Å²) in [6.45, 7) is 6.57. The number of oxime groups is 1. The minimum Gasteiger partial charge on any atom is -0.494 e. The first-order valence-electron chi connectivity index (χ1n) is 9.91. The highest BCUT2D eigenvalue weighted by Crippen LogP contribution is 2.19. The van der Waals surface area contributed by atoms with Crippen LogP contribution >= 0.6 is 0 Å². The van der Waals surface area contributed by atoms with Gasteiger partial charge in [0.2, 0.25) is 0 Å². The highest BCUT2D eigenvalue weighted by molar-refractivity contribution is 6.12. The zero-order valence-corrected chi connectivity index (χ0v) is 17.6. The van der Waals surface area contributed by atoms with Crippen LogP contribution in [-0.4, -0.2) is 43.9 Å². The molecule has 7 heteroatoms. The molecule has 0 aliphatic heterocycles. The Balaban J connectivity index is 2.19. The number of benzene rings is 2. The van der Waals surface area contributed by atoms with Gasteiger partial charge in [-0.3, -0.25) is 9.59 Å². The molecule has 0 fully saturated rings. The monoisotopic (exact) mass is 413 g/mol. The first-order chi connectivity index (χ1) is 14.6. The lowest BCUT2D eigenvalue weighted by molar-refractivity contribution is -0.146. The number of ether oxygens (including phenoxy) is 3. The maximum absolute atomic E-state index is 11.9. The second-order valence-corrected chi connectivity index (χ2v) is 6.15. The van der Waals surface area contributed by atoms with Crippen LogP contribution in [0.5, 0.6) is 11.5 Å². The van der Waals surface area contributed by atoms with Gasteiger partial charge in [-0.15, -0.1) is 0 Å². The SMILES string of the molecule is CCOC(=O)CC(=O)CON=C(c1ccc(OCC)cc1)c1ccc(OCC)cc1. The summed E-state index contributed by atoms with van der Waals surface area (Å²) in [4.78, 5) is 28.6. The van der Waals surface area contributed by atoms with Gasteiger partial charge in [-0.05, 0) is 69.3 Å². The van der Waals surface area contributed by atoms with E-state index in [1.54, 1.807) is 6.92 Å². The molecule has 0 radical (unpaired) electrons. The maximum atomic E-state index is 11.9. The highest BCUT2D eigenvalue weighted by atomic mass is 16.6. The zero-order chi connectivity index (χ0) is 21.8. The zero-order valence-electron chi connectivity index (χ0n) is 17.6. The predicted octanol–water partition coefficient (Wildman–Crippen LogP) is 3.78. The molecule has 0 spiro atoms. The Morgan fingerprint density at radius 2 is 1.27 bits per heavy atom. The van der Waals surface area contributed by atoms with Crippen LogP contribution in [0, 0.1) is 0 Å². The smallest absolute Gasteiger partial charge is 0.313 e. The summed E-state index contributed by atoms with van der Waals surface area (Å²) in [5.41, 5.74) is 2.13. The molecule has 0 aromatic heterocycles. The van der Waals surface area contributed by atoms with Crippen LogP contribution in [0.4, 0.5) is 0 Å². The van der Waals surface area contributed by atoms with Crippen LogP contribution < -0.4 is 9.47 Å². The van der Waals surface area contributed by atoms with Gasteiger partial charge in [-0.1, -0.05) is 5.16 Å². The van der Waals surface area contributed by atoms with Crippen LogP contribution in [-0.2, 0) is 19.2 Å². The molecular formula is C23H27NO6. The summed E-state index contributed by atoms with van der Waals surface area (Å²) in [5.74, 6) is 0.513. The van der Waals surface area contributed by atoms with Gasteiger partial charge in [0.25, 0.3) is 0 Å². The number of carbonyl (C=O) groups is 2. The predicted molar refractivity (Wildman–Crippen MR) is 113 cm³/mol. The Labute approximate surface area is 176 Å². The molecule has 0 amide bonds. The van der Waals surface area contributed by atoms with E-state index < -0.39 is 11.8 Å². The molecule has 2 aromatic rings. The van der Waals surface area contributed by atoms with Crippen molar-refractivity contribution in [1.82, 2.24) is 0 Å². The third kappa shape index (κ3) is 7.24. The second kappa shape index (κ2) is 12.3. The first kappa shape index (κ1) is 22.9. The van der Waals surface area contributed by atoms with E-state index in [4.69, 9.17) is 19.0 Å². The average molecular weight is 413 g/mol. The van der Waals surface area contributed by atoms with Crippen molar-refractivity contribution < 1.29 is 28.6 Å². The van der Waals surface area contributed by atoms with Crippen LogP contribution in [0.25, 0.3) is 0 Å². The van der Waals surface area contributed by atoms with Crippen molar-refractivity contribution >= 4 is 17.5 Å². The summed E-state index contributed by atoms with van der Waals surface area (Å²) in [6.07, 6.45) is -0.342. The minimum absolute atomic E-state index is 0.227. The van der Waals surface area contributed by atoms with Gasteiger partial charge in [0.05, 0.1) is 19.8 Å². The van der Waals surface area contributed by atoms with Gasteiger partial charge >= 0.3 is 5.97 Å². The molecule has 0 heterocycles. The van der Waals surface area contributed by atoms with Crippen molar-refractivity contribution in [3.8, 4) is 11.5 Å². The molecule has 0 aliphatic rings. The van der Waals surface area contributed by atoms with E-state index in [0.29, 0.717) is 18.9 Å². The quantitative estimate of drug-likeness (QED) is 0.228. The van der Waals surface area contributed by atoms with Crippen LogP contribution in [0.15, 0.2) is 53.7 Å². The number of nitrogens with zero attached hydrogens (tertiary/aromatic N) is 1. The van der Waals surface area contributed by atoms with Crippen molar-refractivity contribution in [1.29, 1.82) is 0 Å². The van der Waals surface area contributed by atoms with Crippen molar-refractivity contribution in [2.75, 3.05) is 26.4 Å². The molecular weight excluding hydrogens is 386 g/mol. The molecule has 0 saturated heterocycles. The lowest BCUT2D eigenvalue weighted by Crippen LogP contribution is -2.15. The molecule has 2 aromatic carbocycles. The van der Waals surface area contributed by atoms with Crippen molar-refractivity contribution in [2.24, 2.45) is 5.16 Å². The van der Waals surface area contributed by atoms with E-state index in [0.717, 1.165) is 22.6 Å². The second-order valence-electron chi connectivity index (χ2n) is 6.15. The number of hydrogen-bond acceptors (Lipinski definition) is 7. The van der Waals surface area contributed by atoms with E-state index in [-0.39, 0.29) is 19.6 Å². The first-order valence-corrected chi connectivity index (χ1v) is 9.91. The van der Waals surface area contributed by atoms with Crippen molar-refractivity contribution in [3.63, 3.8) is 0 Å². The van der Waals surface area contributed by atoms with E-state index in [1.165, 1.54) is 0 Å². The van der Waals surface area contributed by atoms with Crippen LogP contribution in [0.1, 0.15) is 38.3 Å². The van der Waals surface area contributed by atoms with Gasteiger partial charge in [-0.2, -0.15) is 0 Å². The number of hydrogen-bond donors (Lipinski definition) is 0. The Morgan fingerprint density at radius 1 is 0.767 bits per heavy atom. The molecule has 0 atom stereocenters. The Kier molecular flexibility index (Phi) is 9.37. The Hall–Kier alpha value is -3.35. The summed E-state index contributed by atoms with van der Waals surface area (Å²) in [7, 11) is 0. The number of Topliss-reactive ketones (excluding diaryl/α,β-unsaturated/α-hetero) is 1.